The molecule has 17 heavy (non-hydrogen) atoms. The van der Waals surface area contributed by atoms with E-state index < -0.39 is 0 Å². The van der Waals surface area contributed by atoms with Crippen molar-refractivity contribution in [3.63, 3.8) is 0 Å². The molecule has 0 bridgehead atoms. The Balaban J connectivity index is 2.07. The lowest BCUT2D eigenvalue weighted by atomic mass is 10.2. The van der Waals surface area contributed by atoms with Gasteiger partial charge in [0, 0.05) is 35.9 Å². The van der Waals surface area contributed by atoms with Gasteiger partial charge in [-0.2, -0.15) is 0 Å². The smallest absolute Gasteiger partial charge is 0.0426 e. The van der Waals surface area contributed by atoms with Gasteiger partial charge in [0.1, 0.15) is 0 Å². The molecule has 0 amide bonds. The van der Waals surface area contributed by atoms with E-state index in [1.807, 2.05) is 6.07 Å². The van der Waals surface area contributed by atoms with Gasteiger partial charge in [0.25, 0.3) is 0 Å². The van der Waals surface area contributed by atoms with Gasteiger partial charge in [-0.3, -0.25) is 0 Å². The summed E-state index contributed by atoms with van der Waals surface area (Å²) < 4.78 is 0. The van der Waals surface area contributed by atoms with Gasteiger partial charge >= 0.3 is 0 Å². The van der Waals surface area contributed by atoms with Crippen LogP contribution in [0.25, 0.3) is 0 Å². The van der Waals surface area contributed by atoms with Crippen molar-refractivity contribution in [3.05, 3.63) is 28.8 Å². The Hall–Kier alpha value is -0.730. The average Bonchev–Trinajstić information content (AvgIpc) is 2.69. The second-order valence-corrected chi connectivity index (χ2v) is 5.62. The van der Waals surface area contributed by atoms with Crippen molar-refractivity contribution >= 4 is 17.3 Å². The predicted octanol–water partition coefficient (Wildman–Crippen LogP) is 3.23. The number of hydrogen-bond acceptors (Lipinski definition) is 2. The Bertz CT molecular complexity index is 390. The van der Waals surface area contributed by atoms with Gasteiger partial charge in [0.15, 0.2) is 0 Å². The molecular weight excluding hydrogens is 232 g/mol. The number of anilines is 1. The fourth-order valence-corrected chi connectivity index (χ4v) is 2.68. The number of rotatable bonds is 3. The van der Waals surface area contributed by atoms with Crippen LogP contribution in [-0.2, 0) is 0 Å². The van der Waals surface area contributed by atoms with Gasteiger partial charge in [-0.1, -0.05) is 31.5 Å². The van der Waals surface area contributed by atoms with Crippen LogP contribution in [0.15, 0.2) is 18.2 Å². The number of benzene rings is 1. The van der Waals surface area contributed by atoms with Gasteiger partial charge in [-0.05, 0) is 31.0 Å². The van der Waals surface area contributed by atoms with Crippen LogP contribution in [0.4, 0.5) is 5.69 Å². The van der Waals surface area contributed by atoms with Crippen LogP contribution in [0, 0.1) is 6.92 Å². The van der Waals surface area contributed by atoms with E-state index in [9.17, 15) is 0 Å². The Morgan fingerprint density at radius 3 is 2.88 bits per heavy atom. The Labute approximate surface area is 109 Å². The topological polar surface area (TPSA) is 15.3 Å². The number of aryl methyl sites for hydroxylation is 1. The zero-order chi connectivity index (χ0) is 12.4. The fourth-order valence-electron chi connectivity index (χ4n) is 2.51. The highest BCUT2D eigenvalue weighted by Crippen LogP contribution is 2.27. The third-order valence-electron chi connectivity index (χ3n) is 3.27. The molecule has 94 valence electrons. The normalized spacial score (nSPS) is 20.3. The molecule has 0 spiro atoms. The van der Waals surface area contributed by atoms with Crippen LogP contribution < -0.4 is 10.2 Å². The van der Waals surface area contributed by atoms with E-state index in [0.717, 1.165) is 18.1 Å². The minimum atomic E-state index is 0.556. The molecule has 0 radical (unpaired) electrons. The Morgan fingerprint density at radius 1 is 1.41 bits per heavy atom. The molecule has 1 atom stereocenters. The van der Waals surface area contributed by atoms with Crippen molar-refractivity contribution in [1.29, 1.82) is 0 Å². The second-order valence-electron chi connectivity index (χ2n) is 5.18. The summed E-state index contributed by atoms with van der Waals surface area (Å²) in [5.74, 6) is 0. The summed E-state index contributed by atoms with van der Waals surface area (Å²) in [5.41, 5.74) is 2.59. The summed E-state index contributed by atoms with van der Waals surface area (Å²) in [4.78, 5) is 2.43. The van der Waals surface area contributed by atoms with Gasteiger partial charge in [0.05, 0.1) is 0 Å². The quantitative estimate of drug-likeness (QED) is 0.889. The summed E-state index contributed by atoms with van der Waals surface area (Å²) in [7, 11) is 0. The van der Waals surface area contributed by atoms with Gasteiger partial charge < -0.3 is 10.2 Å². The van der Waals surface area contributed by atoms with Crippen molar-refractivity contribution in [2.75, 3.05) is 18.0 Å². The van der Waals surface area contributed by atoms with Crippen LogP contribution in [0.1, 0.15) is 25.8 Å². The minimum absolute atomic E-state index is 0.556. The molecule has 1 aliphatic rings. The summed E-state index contributed by atoms with van der Waals surface area (Å²) >= 11 is 6.07. The summed E-state index contributed by atoms with van der Waals surface area (Å²) in [6.45, 7) is 8.75. The van der Waals surface area contributed by atoms with E-state index in [2.05, 4.69) is 43.1 Å². The molecule has 1 unspecified atom stereocenters. The average molecular weight is 253 g/mol. The fraction of sp³-hybridized carbons (Fsp3) is 0.571. The van der Waals surface area contributed by atoms with Gasteiger partial charge in [0.2, 0.25) is 0 Å². The lowest BCUT2D eigenvalue weighted by molar-refractivity contribution is 0.492. The molecule has 1 fully saturated rings. The SMILES string of the molecule is Cc1ccc(Cl)cc1N1CCC(NC(C)C)C1. The van der Waals surface area contributed by atoms with Crippen molar-refractivity contribution < 1.29 is 0 Å². The molecular formula is C14H21ClN2. The molecule has 1 aromatic carbocycles. The minimum Gasteiger partial charge on any atom is -0.370 e. The third-order valence-corrected chi connectivity index (χ3v) is 3.50. The zero-order valence-corrected chi connectivity index (χ0v) is 11.6. The molecule has 2 nitrogen and oxygen atoms in total. The highest BCUT2D eigenvalue weighted by molar-refractivity contribution is 6.30. The number of halogens is 1. The first-order valence-electron chi connectivity index (χ1n) is 6.33. The number of nitrogens with zero attached hydrogens (tertiary/aromatic N) is 1. The van der Waals surface area contributed by atoms with Crippen molar-refractivity contribution in [2.45, 2.75) is 39.3 Å². The van der Waals surface area contributed by atoms with E-state index in [1.165, 1.54) is 17.7 Å². The van der Waals surface area contributed by atoms with Crippen LogP contribution >= 0.6 is 11.6 Å². The van der Waals surface area contributed by atoms with Crippen LogP contribution in [0.3, 0.4) is 0 Å². The third kappa shape index (κ3) is 3.14. The largest absolute Gasteiger partial charge is 0.370 e. The highest BCUT2D eigenvalue weighted by Gasteiger charge is 2.23. The summed E-state index contributed by atoms with van der Waals surface area (Å²) in [5, 5.41) is 4.43. The van der Waals surface area contributed by atoms with Crippen molar-refractivity contribution in [3.8, 4) is 0 Å². The van der Waals surface area contributed by atoms with E-state index in [-0.39, 0.29) is 0 Å². The highest BCUT2D eigenvalue weighted by atomic mass is 35.5. The lowest BCUT2D eigenvalue weighted by Gasteiger charge is -2.22. The molecule has 0 saturated carbocycles. The molecule has 1 aliphatic heterocycles. The van der Waals surface area contributed by atoms with Gasteiger partial charge in [-0.25, -0.2) is 0 Å². The molecule has 1 N–H and O–H groups in total. The molecule has 1 aromatic rings. The van der Waals surface area contributed by atoms with Gasteiger partial charge in [-0.15, -0.1) is 0 Å². The molecule has 0 aliphatic carbocycles. The zero-order valence-electron chi connectivity index (χ0n) is 10.8. The summed E-state index contributed by atoms with van der Waals surface area (Å²) in [6, 6.07) is 7.30. The van der Waals surface area contributed by atoms with E-state index in [4.69, 9.17) is 11.6 Å². The van der Waals surface area contributed by atoms with E-state index >= 15 is 0 Å². The van der Waals surface area contributed by atoms with E-state index in [0.29, 0.717) is 12.1 Å². The first kappa shape index (κ1) is 12.7. The van der Waals surface area contributed by atoms with E-state index in [1.54, 1.807) is 0 Å². The second kappa shape index (κ2) is 5.28. The molecule has 3 heteroatoms. The first-order chi connectivity index (χ1) is 8.06. The number of hydrogen-bond donors (Lipinski definition) is 1. The van der Waals surface area contributed by atoms with Crippen molar-refractivity contribution in [2.24, 2.45) is 0 Å². The first-order valence-corrected chi connectivity index (χ1v) is 6.71. The predicted molar refractivity (Wildman–Crippen MR) is 75.1 cm³/mol. The van der Waals surface area contributed by atoms with Crippen molar-refractivity contribution in [1.82, 2.24) is 5.32 Å². The molecule has 0 aromatic heterocycles. The van der Waals surface area contributed by atoms with Crippen LogP contribution in [0.5, 0.6) is 0 Å². The maximum Gasteiger partial charge on any atom is 0.0426 e. The van der Waals surface area contributed by atoms with Crippen LogP contribution in [0.2, 0.25) is 5.02 Å². The monoisotopic (exact) mass is 252 g/mol. The standard InChI is InChI=1S/C14H21ClN2/c1-10(2)16-13-6-7-17(9-13)14-8-12(15)5-4-11(14)3/h4-5,8,10,13,16H,6-7,9H2,1-3H3. The Morgan fingerprint density at radius 2 is 2.18 bits per heavy atom. The lowest BCUT2D eigenvalue weighted by Crippen LogP contribution is -2.37. The van der Waals surface area contributed by atoms with Crippen LogP contribution in [-0.4, -0.2) is 25.2 Å². The number of nitrogens with one attached hydrogen (secondary N) is 1. The summed E-state index contributed by atoms with van der Waals surface area (Å²) in [6.07, 6.45) is 1.21. The maximum absolute atomic E-state index is 6.07. The molecule has 1 saturated heterocycles. The molecule has 2 rings (SSSR count). The Kier molecular flexibility index (Phi) is 3.95. The molecule has 1 heterocycles. The maximum atomic E-state index is 6.07.